The predicted molar refractivity (Wildman–Crippen MR) is 274 cm³/mol. The number of para-hydroxylation sites is 2. The van der Waals surface area contributed by atoms with Gasteiger partial charge in [-0.15, -0.1) is 0 Å². The molecule has 10 nitrogen and oxygen atoms in total. The number of halogens is 2. The highest BCUT2D eigenvalue weighted by Gasteiger charge is 2.32. The van der Waals surface area contributed by atoms with Crippen LogP contribution in [0.5, 0.6) is 0 Å². The number of carbonyl (C=O) groups excluding carboxylic acids is 2. The van der Waals surface area contributed by atoms with E-state index in [9.17, 15) is 9.59 Å². The molecular formula is C54H68Cl2N8O2. The van der Waals surface area contributed by atoms with Gasteiger partial charge in [0, 0.05) is 86.4 Å². The molecule has 350 valence electrons. The van der Waals surface area contributed by atoms with Crippen LogP contribution in [0.3, 0.4) is 0 Å². The third-order valence-electron chi connectivity index (χ3n) is 13.7. The highest BCUT2D eigenvalue weighted by atomic mass is 35.5. The molecule has 4 aromatic rings. The lowest BCUT2D eigenvalue weighted by atomic mass is 10.0. The number of piperazine rings is 2. The Balaban J connectivity index is 0.709. The monoisotopic (exact) mass is 930 g/mol. The van der Waals surface area contributed by atoms with Gasteiger partial charge in [-0.25, -0.2) is 9.98 Å². The van der Waals surface area contributed by atoms with Gasteiger partial charge >= 0.3 is 0 Å². The Hall–Kier alpha value is -4.74. The van der Waals surface area contributed by atoms with E-state index in [1.54, 1.807) is 0 Å². The van der Waals surface area contributed by atoms with Crippen molar-refractivity contribution in [2.45, 2.75) is 103 Å². The predicted octanol–water partition coefficient (Wildman–Crippen LogP) is 12.5. The van der Waals surface area contributed by atoms with Gasteiger partial charge in [-0.3, -0.25) is 19.4 Å². The Bertz CT molecular complexity index is 2190. The van der Waals surface area contributed by atoms with Crippen LogP contribution in [0.2, 0.25) is 10.0 Å². The van der Waals surface area contributed by atoms with Crippen molar-refractivity contribution >= 4 is 80.8 Å². The first-order valence-electron chi connectivity index (χ1n) is 24.7. The molecule has 0 saturated carbocycles. The van der Waals surface area contributed by atoms with Gasteiger partial charge in [0.05, 0.1) is 34.1 Å². The maximum atomic E-state index is 14.1. The molecule has 66 heavy (non-hydrogen) atoms. The molecule has 0 aromatic heterocycles. The van der Waals surface area contributed by atoms with Gasteiger partial charge < -0.3 is 19.6 Å². The first kappa shape index (κ1) is 47.7. The smallest absolute Gasteiger partial charge is 0.231 e. The fourth-order valence-electron chi connectivity index (χ4n) is 9.83. The maximum absolute atomic E-state index is 14.1. The van der Waals surface area contributed by atoms with E-state index in [2.05, 4.69) is 58.0 Å². The lowest BCUT2D eigenvalue weighted by Crippen LogP contribution is -2.47. The molecule has 0 atom stereocenters. The van der Waals surface area contributed by atoms with Crippen LogP contribution in [0.15, 0.2) is 94.9 Å². The minimum absolute atomic E-state index is 0.108. The molecule has 0 radical (unpaired) electrons. The van der Waals surface area contributed by atoms with E-state index in [-0.39, 0.29) is 11.8 Å². The molecule has 2 fully saturated rings. The van der Waals surface area contributed by atoms with Crippen LogP contribution in [-0.4, -0.2) is 110 Å². The molecule has 4 aliphatic rings. The van der Waals surface area contributed by atoms with E-state index in [0.29, 0.717) is 22.9 Å². The maximum Gasteiger partial charge on any atom is 0.231 e. The minimum Gasteiger partial charge on any atom is -0.353 e. The van der Waals surface area contributed by atoms with Crippen molar-refractivity contribution in [3.63, 3.8) is 0 Å². The Labute approximate surface area is 403 Å². The van der Waals surface area contributed by atoms with Crippen LogP contribution in [-0.2, 0) is 9.59 Å². The Morgan fingerprint density at radius 1 is 0.439 bits per heavy atom. The molecule has 0 spiro atoms. The van der Waals surface area contributed by atoms with Crippen molar-refractivity contribution in [2.24, 2.45) is 9.98 Å². The zero-order chi connectivity index (χ0) is 45.8. The molecule has 0 bridgehead atoms. The fourth-order valence-corrected chi connectivity index (χ4v) is 10.2. The van der Waals surface area contributed by atoms with Crippen molar-refractivity contribution in [1.82, 2.24) is 19.6 Å². The summed E-state index contributed by atoms with van der Waals surface area (Å²) in [5.74, 6) is 2.05. The third-order valence-corrected chi connectivity index (χ3v) is 14.2. The molecule has 8 rings (SSSR count). The van der Waals surface area contributed by atoms with Gasteiger partial charge in [0.2, 0.25) is 11.8 Å². The number of hydrogen-bond acceptors (Lipinski definition) is 8. The van der Waals surface area contributed by atoms with Crippen LogP contribution >= 0.6 is 23.2 Å². The van der Waals surface area contributed by atoms with E-state index in [1.807, 2.05) is 70.5 Å². The summed E-state index contributed by atoms with van der Waals surface area (Å²) in [6.45, 7) is 7.44. The topological polar surface area (TPSA) is 78.3 Å². The van der Waals surface area contributed by atoms with Crippen LogP contribution in [0.25, 0.3) is 0 Å². The molecule has 4 heterocycles. The van der Waals surface area contributed by atoms with Gasteiger partial charge in [-0.05, 0) is 87.6 Å². The highest BCUT2D eigenvalue weighted by Crippen LogP contribution is 2.44. The number of anilines is 4. The molecule has 4 aromatic carbocycles. The van der Waals surface area contributed by atoms with E-state index in [4.69, 9.17) is 33.2 Å². The van der Waals surface area contributed by atoms with E-state index in [0.717, 1.165) is 148 Å². The number of amidine groups is 2. The number of rotatable bonds is 17. The summed E-state index contributed by atoms with van der Waals surface area (Å²) in [5, 5.41) is 1.24. The number of nitrogens with zero attached hydrogens (tertiary/aromatic N) is 8. The van der Waals surface area contributed by atoms with Crippen LogP contribution < -0.4 is 9.80 Å². The van der Waals surface area contributed by atoms with Crippen molar-refractivity contribution in [2.75, 3.05) is 76.3 Å². The molecule has 0 N–H and O–H groups in total. The summed E-state index contributed by atoms with van der Waals surface area (Å²) in [6, 6.07) is 27.8. The zero-order valence-electron chi connectivity index (χ0n) is 39.2. The number of unbranched alkanes of at least 4 members (excludes halogenated alkanes) is 13. The molecule has 2 saturated heterocycles. The standard InChI is InChI=1S/C54H68Cl2N8O2/c1-59-31-35-61(36-32-59)53-43-21-17-19-23-47(43)63(49-29-27-41(55)39-45(49)57-53)51(65)25-15-13-11-9-7-5-3-4-6-8-10-12-14-16-26-52(66)64-48-24-20-18-22-44(48)54(62-37-33-60(2)34-38-62)58-46-40-42(56)28-30-50(46)64/h17-24,27-30,39-40H,3-16,25-26,31-38H2,1-2H3. The summed E-state index contributed by atoms with van der Waals surface area (Å²) >= 11 is 13.0. The van der Waals surface area contributed by atoms with E-state index < -0.39 is 0 Å². The number of likely N-dealkylation sites (N-methyl/N-ethyl adjacent to an activating group) is 2. The molecule has 0 unspecified atom stereocenters. The Morgan fingerprint density at radius 3 is 1.14 bits per heavy atom. The summed E-state index contributed by atoms with van der Waals surface area (Å²) in [6.07, 6.45) is 17.3. The van der Waals surface area contributed by atoms with Gasteiger partial charge in [0.15, 0.2) is 0 Å². The fraction of sp³-hybridized carbons (Fsp3) is 0.481. The second kappa shape index (κ2) is 23.3. The number of carbonyl (C=O) groups is 2. The van der Waals surface area contributed by atoms with Gasteiger partial charge in [-0.1, -0.05) is 125 Å². The summed E-state index contributed by atoms with van der Waals surface area (Å²) in [5.41, 5.74) is 6.86. The summed E-state index contributed by atoms with van der Waals surface area (Å²) in [4.78, 5) is 51.6. The number of amides is 2. The highest BCUT2D eigenvalue weighted by molar-refractivity contribution is 6.31. The van der Waals surface area contributed by atoms with Crippen LogP contribution in [0.1, 0.15) is 114 Å². The average Bonchev–Trinajstić information content (AvgIpc) is 3.56. The molecule has 4 aliphatic heterocycles. The van der Waals surface area contributed by atoms with Gasteiger partial charge in [0.25, 0.3) is 0 Å². The molecular weight excluding hydrogens is 864 g/mol. The number of benzene rings is 4. The second-order valence-electron chi connectivity index (χ2n) is 18.7. The quantitative estimate of drug-likeness (QED) is 0.0982. The van der Waals surface area contributed by atoms with Gasteiger partial charge in [-0.2, -0.15) is 0 Å². The largest absolute Gasteiger partial charge is 0.353 e. The van der Waals surface area contributed by atoms with Crippen LogP contribution in [0.4, 0.5) is 34.1 Å². The van der Waals surface area contributed by atoms with Gasteiger partial charge in [0.1, 0.15) is 11.7 Å². The third kappa shape index (κ3) is 11.9. The number of hydrogen-bond donors (Lipinski definition) is 0. The SMILES string of the molecule is CN1CCN(C2=Nc3cc(Cl)ccc3N(C(=O)CCCCCCCCCCCCCCCCC(=O)N3c4ccc(Cl)cc4N=C(N4CCN(C)CC4)c4ccccc43)c3ccccc32)CC1. The average molecular weight is 932 g/mol. The second-order valence-corrected chi connectivity index (χ2v) is 19.5. The first-order chi connectivity index (χ1) is 32.2. The van der Waals surface area contributed by atoms with Crippen molar-refractivity contribution in [1.29, 1.82) is 0 Å². The Morgan fingerprint density at radius 2 is 0.773 bits per heavy atom. The normalized spacial score (nSPS) is 16.4. The van der Waals surface area contributed by atoms with Crippen molar-refractivity contribution < 1.29 is 9.59 Å². The van der Waals surface area contributed by atoms with Crippen molar-refractivity contribution in [3.8, 4) is 0 Å². The Kier molecular flexibility index (Phi) is 16.9. The number of fused-ring (bicyclic) bond motifs is 4. The summed E-state index contributed by atoms with van der Waals surface area (Å²) in [7, 11) is 4.31. The van der Waals surface area contributed by atoms with E-state index >= 15 is 0 Å². The lowest BCUT2D eigenvalue weighted by molar-refractivity contribution is -0.118. The number of aliphatic imine (C=N–C) groups is 2. The minimum atomic E-state index is 0.108. The van der Waals surface area contributed by atoms with E-state index in [1.165, 1.54) is 51.4 Å². The summed E-state index contributed by atoms with van der Waals surface area (Å²) < 4.78 is 0. The lowest BCUT2D eigenvalue weighted by Gasteiger charge is -2.35. The molecule has 2 amide bonds. The van der Waals surface area contributed by atoms with Crippen LogP contribution in [0, 0.1) is 0 Å². The van der Waals surface area contributed by atoms with Crippen molar-refractivity contribution in [3.05, 3.63) is 106 Å². The molecule has 0 aliphatic carbocycles. The zero-order valence-corrected chi connectivity index (χ0v) is 40.7. The first-order valence-corrected chi connectivity index (χ1v) is 25.5. The molecule has 12 heteroatoms.